The molecule has 140 valence electrons. The molecule has 0 aliphatic heterocycles. The van der Waals surface area contributed by atoms with Gasteiger partial charge in [-0.3, -0.25) is 19.0 Å². The number of carbonyl (C=O) groups is 1. The molecule has 3 aromatic rings. The molecule has 0 atom stereocenters. The van der Waals surface area contributed by atoms with Gasteiger partial charge in [0.15, 0.2) is 5.82 Å². The number of aromatic amines is 1. The maximum atomic E-state index is 12.8. The van der Waals surface area contributed by atoms with Crippen molar-refractivity contribution in [1.82, 2.24) is 25.2 Å². The van der Waals surface area contributed by atoms with Gasteiger partial charge in [0.2, 0.25) is 0 Å². The lowest BCUT2D eigenvalue weighted by atomic mass is 10.1. The van der Waals surface area contributed by atoms with Crippen LogP contribution in [-0.4, -0.2) is 32.4 Å². The van der Waals surface area contributed by atoms with E-state index in [9.17, 15) is 9.59 Å². The van der Waals surface area contributed by atoms with Gasteiger partial charge in [0.25, 0.3) is 5.91 Å². The summed E-state index contributed by atoms with van der Waals surface area (Å²) in [5.41, 5.74) is 2.39. The van der Waals surface area contributed by atoms with Crippen molar-refractivity contribution in [3.05, 3.63) is 58.5 Å². The number of hydrogen-bond donors (Lipinski definition) is 2. The molecule has 1 amide bonds. The molecule has 1 saturated carbocycles. The molecule has 2 aromatic heterocycles. The number of nitrogens with zero attached hydrogens (tertiary/aromatic N) is 3. The number of nitrogens with one attached hydrogen (secondary N) is 2. The first-order valence-electron chi connectivity index (χ1n) is 9.18. The second-order valence-electron chi connectivity index (χ2n) is 6.70. The monoisotopic (exact) mass is 367 g/mol. The molecule has 1 aliphatic rings. The molecule has 0 saturated heterocycles. The second-order valence-corrected chi connectivity index (χ2v) is 6.70. The average molecular weight is 367 g/mol. The highest BCUT2D eigenvalue weighted by Crippen LogP contribution is 2.34. The van der Waals surface area contributed by atoms with Crippen molar-refractivity contribution in [3.8, 4) is 11.3 Å². The van der Waals surface area contributed by atoms with Crippen molar-refractivity contribution in [3.63, 3.8) is 0 Å². The molecule has 0 radical (unpaired) electrons. The number of hydrogen-bond acceptors (Lipinski definition) is 5. The first kappa shape index (κ1) is 17.3. The summed E-state index contributed by atoms with van der Waals surface area (Å²) in [4.78, 5) is 26.2. The van der Waals surface area contributed by atoms with Crippen LogP contribution in [0.2, 0.25) is 0 Å². The smallest absolute Gasteiger partial charge is 0.351 e. The van der Waals surface area contributed by atoms with Gasteiger partial charge in [-0.15, -0.1) is 0 Å². The quantitative estimate of drug-likeness (QED) is 0.695. The Hall–Kier alpha value is -3.16. The van der Waals surface area contributed by atoms with Crippen molar-refractivity contribution in [1.29, 1.82) is 0 Å². The molecule has 2 heterocycles. The van der Waals surface area contributed by atoms with Crippen LogP contribution in [0, 0.1) is 0 Å². The highest BCUT2D eigenvalue weighted by molar-refractivity contribution is 5.99. The molecule has 4 rings (SSSR count). The van der Waals surface area contributed by atoms with Crippen molar-refractivity contribution in [2.24, 2.45) is 0 Å². The van der Waals surface area contributed by atoms with Crippen molar-refractivity contribution < 1.29 is 9.32 Å². The van der Waals surface area contributed by atoms with Crippen LogP contribution < -0.4 is 11.1 Å². The van der Waals surface area contributed by atoms with E-state index < -0.39 is 5.76 Å². The number of H-pyrrole nitrogens is 1. The third-order valence-corrected chi connectivity index (χ3v) is 4.89. The lowest BCUT2D eigenvalue weighted by Crippen LogP contribution is -2.26. The summed E-state index contributed by atoms with van der Waals surface area (Å²) in [6.07, 6.45) is 6.58. The Morgan fingerprint density at radius 3 is 2.74 bits per heavy atom. The number of aromatic nitrogens is 4. The Kier molecular flexibility index (Phi) is 4.86. The second kappa shape index (κ2) is 7.61. The van der Waals surface area contributed by atoms with Crippen molar-refractivity contribution in [2.75, 3.05) is 6.54 Å². The van der Waals surface area contributed by atoms with Crippen LogP contribution in [-0.2, 0) is 6.42 Å². The fraction of sp³-hybridized carbons (Fsp3) is 0.368. The lowest BCUT2D eigenvalue weighted by Gasteiger charge is -2.15. The largest absolute Gasteiger partial charge is 0.438 e. The van der Waals surface area contributed by atoms with E-state index in [1.54, 1.807) is 6.20 Å². The SMILES string of the molecule is O=C(NCCc1noc(=O)[nH]1)c1cnn(C2CCCC2)c1-c1ccccc1. The molecular weight excluding hydrogens is 346 g/mol. The van der Waals surface area contributed by atoms with Gasteiger partial charge < -0.3 is 5.32 Å². The van der Waals surface area contributed by atoms with Crippen LogP contribution in [0.1, 0.15) is 47.9 Å². The van der Waals surface area contributed by atoms with Crippen LogP contribution in [0.25, 0.3) is 11.3 Å². The molecule has 1 aliphatic carbocycles. The van der Waals surface area contributed by atoms with E-state index in [0.29, 0.717) is 30.4 Å². The number of amides is 1. The predicted molar refractivity (Wildman–Crippen MR) is 98.3 cm³/mol. The normalized spacial score (nSPS) is 14.5. The van der Waals surface area contributed by atoms with Gasteiger partial charge >= 0.3 is 5.76 Å². The van der Waals surface area contributed by atoms with Crippen molar-refractivity contribution >= 4 is 5.91 Å². The minimum Gasteiger partial charge on any atom is -0.351 e. The molecule has 0 spiro atoms. The maximum Gasteiger partial charge on any atom is 0.438 e. The zero-order chi connectivity index (χ0) is 18.6. The molecular formula is C19H21N5O3. The third kappa shape index (κ3) is 3.69. The minimum atomic E-state index is -0.597. The summed E-state index contributed by atoms with van der Waals surface area (Å²) in [7, 11) is 0. The topological polar surface area (TPSA) is 106 Å². The highest BCUT2D eigenvalue weighted by Gasteiger charge is 2.25. The molecule has 1 aromatic carbocycles. The number of rotatable bonds is 6. The van der Waals surface area contributed by atoms with Crippen LogP contribution in [0.15, 0.2) is 45.8 Å². The predicted octanol–water partition coefficient (Wildman–Crippen LogP) is 2.31. The van der Waals surface area contributed by atoms with E-state index in [1.165, 1.54) is 12.8 Å². The zero-order valence-electron chi connectivity index (χ0n) is 14.9. The van der Waals surface area contributed by atoms with E-state index >= 15 is 0 Å². The molecule has 0 unspecified atom stereocenters. The lowest BCUT2D eigenvalue weighted by molar-refractivity contribution is 0.0954. The molecule has 8 heteroatoms. The average Bonchev–Trinajstić information content (AvgIpc) is 3.42. The fourth-order valence-corrected chi connectivity index (χ4v) is 3.60. The zero-order valence-corrected chi connectivity index (χ0v) is 14.9. The molecule has 27 heavy (non-hydrogen) atoms. The fourth-order valence-electron chi connectivity index (χ4n) is 3.60. The molecule has 8 nitrogen and oxygen atoms in total. The summed E-state index contributed by atoms with van der Waals surface area (Å²) < 4.78 is 6.46. The Labute approximate surface area is 155 Å². The Bertz CT molecular complexity index is 967. The summed E-state index contributed by atoms with van der Waals surface area (Å²) >= 11 is 0. The van der Waals surface area contributed by atoms with E-state index in [4.69, 9.17) is 0 Å². The van der Waals surface area contributed by atoms with Gasteiger partial charge in [-0.1, -0.05) is 48.3 Å². The molecule has 1 fully saturated rings. The van der Waals surface area contributed by atoms with E-state index in [2.05, 4.69) is 25.1 Å². The van der Waals surface area contributed by atoms with Gasteiger partial charge in [-0.05, 0) is 12.8 Å². The van der Waals surface area contributed by atoms with Crippen LogP contribution >= 0.6 is 0 Å². The van der Waals surface area contributed by atoms with Gasteiger partial charge in [0.05, 0.1) is 23.5 Å². The van der Waals surface area contributed by atoms with Crippen LogP contribution in [0.4, 0.5) is 0 Å². The minimum absolute atomic E-state index is 0.191. The summed E-state index contributed by atoms with van der Waals surface area (Å²) in [5, 5.41) is 11.0. The van der Waals surface area contributed by atoms with E-state index in [-0.39, 0.29) is 5.91 Å². The Morgan fingerprint density at radius 1 is 1.26 bits per heavy atom. The highest BCUT2D eigenvalue weighted by atomic mass is 16.5. The van der Waals surface area contributed by atoms with Gasteiger partial charge in [0, 0.05) is 18.5 Å². The van der Waals surface area contributed by atoms with Gasteiger partial charge in [-0.25, -0.2) is 4.79 Å². The van der Waals surface area contributed by atoms with E-state index in [1.807, 2.05) is 35.0 Å². The third-order valence-electron chi connectivity index (χ3n) is 4.89. The first-order valence-corrected chi connectivity index (χ1v) is 9.18. The Balaban J connectivity index is 1.56. The van der Waals surface area contributed by atoms with Crippen LogP contribution in [0.3, 0.4) is 0 Å². The molecule has 0 bridgehead atoms. The van der Waals surface area contributed by atoms with E-state index in [0.717, 1.165) is 24.1 Å². The molecule has 2 N–H and O–H groups in total. The summed E-state index contributed by atoms with van der Waals surface area (Å²) in [5.74, 6) is -0.380. The van der Waals surface area contributed by atoms with Crippen LogP contribution in [0.5, 0.6) is 0 Å². The van der Waals surface area contributed by atoms with Gasteiger partial charge in [-0.2, -0.15) is 5.10 Å². The standard InChI is InChI=1S/C19H21N5O3/c25-18(20-11-10-16-22-19(26)27-23-16)15-12-21-24(14-8-4-5-9-14)17(15)13-6-2-1-3-7-13/h1-3,6-7,12,14H,4-5,8-11H2,(H,20,25)(H,22,23,26). The Morgan fingerprint density at radius 2 is 2.04 bits per heavy atom. The summed E-state index contributed by atoms with van der Waals surface area (Å²) in [6.45, 7) is 0.337. The van der Waals surface area contributed by atoms with Crippen molar-refractivity contribution in [2.45, 2.75) is 38.1 Å². The first-order chi connectivity index (χ1) is 13.2. The maximum absolute atomic E-state index is 12.8. The number of carbonyl (C=O) groups excluding carboxylic acids is 1. The van der Waals surface area contributed by atoms with Gasteiger partial charge in [0.1, 0.15) is 0 Å². The number of benzene rings is 1. The summed E-state index contributed by atoms with van der Waals surface area (Å²) in [6, 6.07) is 10.2.